The fourth-order valence-corrected chi connectivity index (χ4v) is 2.09. The third-order valence-electron chi connectivity index (χ3n) is 3.32. The molecule has 0 fully saturated rings. The van der Waals surface area contributed by atoms with E-state index in [0.717, 1.165) is 22.4 Å². The maximum absolute atomic E-state index is 13.0. The quantitative estimate of drug-likeness (QED) is 0.658. The Hall–Kier alpha value is -2.42. The first-order chi connectivity index (χ1) is 9.97. The van der Waals surface area contributed by atoms with Crippen molar-refractivity contribution in [2.75, 3.05) is 5.32 Å². The van der Waals surface area contributed by atoms with Crippen LogP contribution in [-0.2, 0) is 0 Å². The molecule has 2 aromatic rings. The summed E-state index contributed by atoms with van der Waals surface area (Å²) in [5, 5.41) is 3.01. The lowest BCUT2D eigenvalue weighted by Gasteiger charge is -2.06. The molecule has 1 N–H and O–H groups in total. The Morgan fingerprint density at radius 1 is 1.05 bits per heavy atom. The molecule has 0 bridgehead atoms. The molecule has 2 nitrogen and oxygen atoms in total. The monoisotopic (exact) mass is 283 g/mol. The smallest absolute Gasteiger partial charge is 0.187 e. The second-order valence-corrected chi connectivity index (χ2v) is 5.12. The van der Waals surface area contributed by atoms with E-state index in [2.05, 4.69) is 5.32 Å². The molecule has 108 valence electrons. The van der Waals surface area contributed by atoms with Crippen LogP contribution in [0.3, 0.4) is 0 Å². The zero-order valence-electron chi connectivity index (χ0n) is 12.4. The van der Waals surface area contributed by atoms with Gasteiger partial charge in [0, 0.05) is 23.5 Å². The van der Waals surface area contributed by atoms with Crippen LogP contribution < -0.4 is 5.32 Å². The van der Waals surface area contributed by atoms with Crippen molar-refractivity contribution in [1.82, 2.24) is 0 Å². The van der Waals surface area contributed by atoms with Crippen LogP contribution in [0.15, 0.2) is 48.7 Å². The number of allylic oxidation sites excluding steroid dienone is 1. The summed E-state index contributed by atoms with van der Waals surface area (Å²) in [5.41, 5.74) is 4.28. The number of carbonyl (C=O) groups is 1. The molecule has 0 saturated carbocycles. The van der Waals surface area contributed by atoms with Gasteiger partial charge in [-0.2, -0.15) is 0 Å². The summed E-state index contributed by atoms with van der Waals surface area (Å²) in [5.74, 6) is -0.322. The van der Waals surface area contributed by atoms with Crippen LogP contribution in [0.2, 0.25) is 0 Å². The summed E-state index contributed by atoms with van der Waals surface area (Å²) >= 11 is 0. The van der Waals surface area contributed by atoms with Crippen molar-refractivity contribution in [1.29, 1.82) is 0 Å². The van der Waals surface area contributed by atoms with Crippen molar-refractivity contribution in [3.8, 4) is 0 Å². The van der Waals surface area contributed by atoms with Gasteiger partial charge in [-0.1, -0.05) is 17.7 Å². The average molecular weight is 283 g/mol. The zero-order chi connectivity index (χ0) is 15.4. The molecule has 0 aliphatic heterocycles. The van der Waals surface area contributed by atoms with Crippen molar-refractivity contribution < 1.29 is 9.18 Å². The number of anilines is 1. The van der Waals surface area contributed by atoms with Gasteiger partial charge in [0.2, 0.25) is 0 Å². The number of benzene rings is 2. The SMILES string of the molecule is Cc1ccc(C)c(C(=O)C=CNc2ccc(F)cc2C)c1. The van der Waals surface area contributed by atoms with E-state index in [9.17, 15) is 9.18 Å². The number of hydrogen-bond donors (Lipinski definition) is 1. The third kappa shape index (κ3) is 3.78. The molecule has 0 heterocycles. The van der Waals surface area contributed by atoms with E-state index in [-0.39, 0.29) is 11.6 Å². The second-order valence-electron chi connectivity index (χ2n) is 5.12. The lowest BCUT2D eigenvalue weighted by Crippen LogP contribution is -2.00. The molecule has 0 radical (unpaired) electrons. The average Bonchev–Trinajstić information content (AvgIpc) is 2.43. The van der Waals surface area contributed by atoms with Gasteiger partial charge in [-0.25, -0.2) is 4.39 Å². The first-order valence-corrected chi connectivity index (χ1v) is 6.78. The molecule has 3 heteroatoms. The molecule has 0 aromatic heterocycles. The molecule has 0 saturated heterocycles. The number of carbonyl (C=O) groups excluding carboxylic acids is 1. The van der Waals surface area contributed by atoms with E-state index < -0.39 is 0 Å². The zero-order valence-corrected chi connectivity index (χ0v) is 12.4. The number of rotatable bonds is 4. The molecule has 21 heavy (non-hydrogen) atoms. The van der Waals surface area contributed by atoms with Gasteiger partial charge in [-0.05, 0) is 56.2 Å². The summed E-state index contributed by atoms with van der Waals surface area (Å²) in [4.78, 5) is 12.2. The number of nitrogens with one attached hydrogen (secondary N) is 1. The Balaban J connectivity index is 2.10. The maximum Gasteiger partial charge on any atom is 0.187 e. The Kier molecular flexibility index (Phi) is 4.53. The van der Waals surface area contributed by atoms with Gasteiger partial charge in [0.15, 0.2) is 5.78 Å². The van der Waals surface area contributed by atoms with Crippen LogP contribution in [0.4, 0.5) is 10.1 Å². The van der Waals surface area contributed by atoms with Crippen LogP contribution >= 0.6 is 0 Å². The number of aryl methyl sites for hydroxylation is 3. The van der Waals surface area contributed by atoms with E-state index in [1.165, 1.54) is 18.2 Å². The predicted molar refractivity (Wildman–Crippen MR) is 84.1 cm³/mol. The minimum Gasteiger partial charge on any atom is -0.361 e. The van der Waals surface area contributed by atoms with Gasteiger partial charge in [0.1, 0.15) is 5.82 Å². The Morgan fingerprint density at radius 2 is 1.81 bits per heavy atom. The van der Waals surface area contributed by atoms with Gasteiger partial charge in [-0.3, -0.25) is 4.79 Å². The maximum atomic E-state index is 13.0. The molecule has 2 rings (SSSR count). The van der Waals surface area contributed by atoms with Gasteiger partial charge in [0.05, 0.1) is 0 Å². The van der Waals surface area contributed by atoms with Gasteiger partial charge in [-0.15, -0.1) is 0 Å². The predicted octanol–water partition coefficient (Wildman–Crippen LogP) is 4.56. The molecule has 0 aliphatic carbocycles. The van der Waals surface area contributed by atoms with E-state index in [1.54, 1.807) is 12.3 Å². The first-order valence-electron chi connectivity index (χ1n) is 6.78. The Bertz CT molecular complexity index is 704. The van der Waals surface area contributed by atoms with E-state index in [0.29, 0.717) is 5.56 Å². The lowest BCUT2D eigenvalue weighted by atomic mass is 10.0. The van der Waals surface area contributed by atoms with Crippen LogP contribution in [0.1, 0.15) is 27.0 Å². The summed E-state index contributed by atoms with van der Waals surface area (Å²) in [7, 11) is 0. The van der Waals surface area contributed by atoms with Crippen LogP contribution in [0.5, 0.6) is 0 Å². The molecule has 0 atom stereocenters. The topological polar surface area (TPSA) is 29.1 Å². The summed E-state index contributed by atoms with van der Waals surface area (Å²) < 4.78 is 13.0. The van der Waals surface area contributed by atoms with Crippen molar-refractivity contribution in [2.45, 2.75) is 20.8 Å². The highest BCUT2D eigenvalue weighted by molar-refractivity contribution is 6.05. The van der Waals surface area contributed by atoms with Crippen LogP contribution in [-0.4, -0.2) is 5.78 Å². The van der Waals surface area contributed by atoms with Crippen LogP contribution in [0.25, 0.3) is 0 Å². The minimum absolute atomic E-state index is 0.0523. The first kappa shape index (κ1) is 15.0. The van der Waals surface area contributed by atoms with E-state index in [4.69, 9.17) is 0 Å². The van der Waals surface area contributed by atoms with Crippen molar-refractivity contribution in [2.24, 2.45) is 0 Å². The number of halogens is 1. The molecular weight excluding hydrogens is 265 g/mol. The van der Waals surface area contributed by atoms with Gasteiger partial charge < -0.3 is 5.32 Å². The molecular formula is C18H18FNO. The normalized spacial score (nSPS) is 10.9. The molecule has 0 spiro atoms. The third-order valence-corrected chi connectivity index (χ3v) is 3.32. The number of hydrogen-bond acceptors (Lipinski definition) is 2. The van der Waals surface area contributed by atoms with Crippen molar-refractivity contribution in [3.05, 3.63) is 76.7 Å². The molecule has 0 amide bonds. The highest BCUT2D eigenvalue weighted by Crippen LogP contribution is 2.16. The van der Waals surface area contributed by atoms with Crippen LogP contribution in [0, 0.1) is 26.6 Å². The summed E-state index contributed by atoms with van der Waals surface area (Å²) in [6, 6.07) is 10.3. The van der Waals surface area contributed by atoms with E-state index >= 15 is 0 Å². The minimum atomic E-state index is -0.270. The number of ketones is 1. The van der Waals surface area contributed by atoms with Gasteiger partial charge in [0.25, 0.3) is 0 Å². The summed E-state index contributed by atoms with van der Waals surface area (Å²) in [6.45, 7) is 5.68. The molecule has 2 aromatic carbocycles. The standard InChI is InChI=1S/C18H18FNO/c1-12-4-5-13(2)16(10-12)18(21)8-9-20-17-7-6-15(19)11-14(17)3/h4-11,20H,1-3H3. The highest BCUT2D eigenvalue weighted by atomic mass is 19.1. The fraction of sp³-hybridized carbons (Fsp3) is 0.167. The summed E-state index contributed by atoms with van der Waals surface area (Å²) in [6.07, 6.45) is 3.08. The lowest BCUT2D eigenvalue weighted by molar-refractivity contribution is 0.104. The largest absolute Gasteiger partial charge is 0.361 e. The molecule has 0 unspecified atom stereocenters. The fourth-order valence-electron chi connectivity index (χ4n) is 2.09. The van der Waals surface area contributed by atoms with Crippen molar-refractivity contribution >= 4 is 11.5 Å². The molecule has 0 aliphatic rings. The Labute approximate surface area is 124 Å². The Morgan fingerprint density at radius 3 is 2.52 bits per heavy atom. The highest BCUT2D eigenvalue weighted by Gasteiger charge is 2.05. The van der Waals surface area contributed by atoms with Crippen molar-refractivity contribution in [3.63, 3.8) is 0 Å². The second kappa shape index (κ2) is 6.35. The van der Waals surface area contributed by atoms with Gasteiger partial charge >= 0.3 is 0 Å². The van der Waals surface area contributed by atoms with E-state index in [1.807, 2.05) is 39.0 Å².